The Labute approximate surface area is 76.1 Å². The highest BCUT2D eigenvalue weighted by Crippen LogP contribution is 2.20. The number of ether oxygens (including phenoxy) is 1. The van der Waals surface area contributed by atoms with Crippen LogP contribution in [0, 0.1) is 5.82 Å². The molecule has 1 aromatic carbocycles. The predicted octanol–water partition coefficient (Wildman–Crippen LogP) is 1.87. The van der Waals surface area contributed by atoms with E-state index in [1.807, 2.05) is 5.48 Å². The number of benzene rings is 1. The van der Waals surface area contributed by atoms with Crippen molar-refractivity contribution in [2.24, 2.45) is 0 Å². The average Bonchev–Trinajstić information content (AvgIpc) is 2.16. The van der Waals surface area contributed by atoms with Gasteiger partial charge in [-0.25, -0.2) is 4.39 Å². The Kier molecular flexibility index (Phi) is 3.22. The summed E-state index contributed by atoms with van der Waals surface area (Å²) < 4.78 is 18.1. The number of halogens is 1. The second kappa shape index (κ2) is 4.20. The molecule has 13 heavy (non-hydrogen) atoms. The fraction of sp³-hybridized carbons (Fsp3) is 0.333. The predicted molar refractivity (Wildman–Crippen MR) is 46.3 cm³/mol. The zero-order valence-electron chi connectivity index (χ0n) is 7.54. The molecule has 0 aliphatic carbocycles. The molecule has 1 rings (SSSR count). The molecule has 3 nitrogen and oxygen atoms in total. The summed E-state index contributed by atoms with van der Waals surface area (Å²) in [5.41, 5.74) is 2.38. The van der Waals surface area contributed by atoms with Gasteiger partial charge in [-0.2, -0.15) is 5.48 Å². The second-order valence-corrected chi connectivity index (χ2v) is 2.74. The molecule has 0 fully saturated rings. The van der Waals surface area contributed by atoms with E-state index in [0.29, 0.717) is 11.3 Å². The quantitative estimate of drug-likeness (QED) is 0.706. The van der Waals surface area contributed by atoms with Gasteiger partial charge in [-0.3, -0.25) is 0 Å². The number of hydrogen-bond donors (Lipinski definition) is 2. The Hall–Kier alpha value is -1.13. The van der Waals surface area contributed by atoms with E-state index in [0.717, 1.165) is 0 Å². The molecular formula is C9H12FNO2. The monoisotopic (exact) mass is 185 g/mol. The number of methoxy groups -OCH3 is 1. The number of hydrogen-bond acceptors (Lipinski definition) is 3. The van der Waals surface area contributed by atoms with Gasteiger partial charge in [0.05, 0.1) is 13.2 Å². The summed E-state index contributed by atoms with van der Waals surface area (Å²) in [6, 6.07) is 4.07. The zero-order chi connectivity index (χ0) is 9.84. The first-order valence-corrected chi connectivity index (χ1v) is 3.92. The van der Waals surface area contributed by atoms with Gasteiger partial charge in [0, 0.05) is 11.6 Å². The van der Waals surface area contributed by atoms with Crippen molar-refractivity contribution < 1.29 is 14.3 Å². The van der Waals surface area contributed by atoms with Gasteiger partial charge in [-0.05, 0) is 13.0 Å². The minimum Gasteiger partial charge on any atom is -0.497 e. The molecule has 1 aromatic rings. The van der Waals surface area contributed by atoms with Crippen molar-refractivity contribution in [3.63, 3.8) is 0 Å². The van der Waals surface area contributed by atoms with Crippen molar-refractivity contribution in [1.82, 2.24) is 5.48 Å². The first kappa shape index (κ1) is 9.95. The highest BCUT2D eigenvalue weighted by atomic mass is 19.1. The van der Waals surface area contributed by atoms with Crippen LogP contribution < -0.4 is 10.2 Å². The molecule has 0 aromatic heterocycles. The molecule has 1 atom stereocenters. The summed E-state index contributed by atoms with van der Waals surface area (Å²) >= 11 is 0. The van der Waals surface area contributed by atoms with E-state index in [9.17, 15) is 4.39 Å². The minimum atomic E-state index is -0.425. The Morgan fingerprint density at radius 1 is 1.54 bits per heavy atom. The van der Waals surface area contributed by atoms with Crippen LogP contribution in [0.4, 0.5) is 4.39 Å². The number of rotatable bonds is 3. The van der Waals surface area contributed by atoms with Crippen LogP contribution in [0.3, 0.4) is 0 Å². The third kappa shape index (κ3) is 2.17. The van der Waals surface area contributed by atoms with Crippen LogP contribution in [0.15, 0.2) is 18.2 Å². The van der Waals surface area contributed by atoms with Gasteiger partial charge >= 0.3 is 0 Å². The van der Waals surface area contributed by atoms with E-state index in [2.05, 4.69) is 0 Å². The van der Waals surface area contributed by atoms with Crippen molar-refractivity contribution in [3.05, 3.63) is 29.6 Å². The summed E-state index contributed by atoms with van der Waals surface area (Å²) in [5, 5.41) is 8.59. The molecule has 4 heteroatoms. The Balaban J connectivity index is 2.98. The third-order valence-electron chi connectivity index (χ3n) is 1.87. The number of hydroxylamine groups is 1. The van der Waals surface area contributed by atoms with Gasteiger partial charge in [-0.1, -0.05) is 6.07 Å². The molecule has 0 heterocycles. The molecule has 72 valence electrons. The molecule has 0 saturated heterocycles. The van der Waals surface area contributed by atoms with Gasteiger partial charge in [0.2, 0.25) is 0 Å². The average molecular weight is 185 g/mol. The molecule has 0 saturated carbocycles. The van der Waals surface area contributed by atoms with Crippen molar-refractivity contribution in [1.29, 1.82) is 0 Å². The standard InChI is InChI=1S/C9H12FNO2/c1-6(11-12)8-4-3-7(13-2)5-9(8)10/h3-6,11-12H,1-2H3. The van der Waals surface area contributed by atoms with E-state index >= 15 is 0 Å². The smallest absolute Gasteiger partial charge is 0.131 e. The van der Waals surface area contributed by atoms with E-state index in [4.69, 9.17) is 9.94 Å². The molecule has 1 unspecified atom stereocenters. The lowest BCUT2D eigenvalue weighted by Crippen LogP contribution is -2.14. The summed E-state index contributed by atoms with van der Waals surface area (Å²) in [5.74, 6) is 0.0692. The van der Waals surface area contributed by atoms with Crippen LogP contribution in [-0.2, 0) is 0 Å². The molecule has 0 radical (unpaired) electrons. The van der Waals surface area contributed by atoms with Gasteiger partial charge in [0.15, 0.2) is 0 Å². The molecule has 0 amide bonds. The lowest BCUT2D eigenvalue weighted by Gasteiger charge is -2.11. The molecule has 0 bridgehead atoms. The maximum Gasteiger partial charge on any atom is 0.131 e. The fourth-order valence-corrected chi connectivity index (χ4v) is 1.06. The van der Waals surface area contributed by atoms with E-state index in [1.165, 1.54) is 13.2 Å². The molecule has 2 N–H and O–H groups in total. The molecule has 0 aliphatic rings. The van der Waals surface area contributed by atoms with Gasteiger partial charge in [0.25, 0.3) is 0 Å². The first-order chi connectivity index (χ1) is 6.19. The normalized spacial score (nSPS) is 12.6. The maximum atomic E-state index is 13.2. The van der Waals surface area contributed by atoms with Crippen molar-refractivity contribution in [2.45, 2.75) is 13.0 Å². The van der Waals surface area contributed by atoms with E-state index in [-0.39, 0.29) is 0 Å². The van der Waals surface area contributed by atoms with Crippen LogP contribution in [0.2, 0.25) is 0 Å². The molecule has 0 aliphatic heterocycles. The number of nitrogens with one attached hydrogen (secondary N) is 1. The minimum absolute atomic E-state index is 0.395. The first-order valence-electron chi connectivity index (χ1n) is 3.92. The second-order valence-electron chi connectivity index (χ2n) is 2.74. The molecular weight excluding hydrogens is 173 g/mol. The zero-order valence-corrected chi connectivity index (χ0v) is 7.54. The van der Waals surface area contributed by atoms with Crippen LogP contribution in [-0.4, -0.2) is 12.3 Å². The summed E-state index contributed by atoms with van der Waals surface area (Å²) in [6.45, 7) is 1.66. The summed E-state index contributed by atoms with van der Waals surface area (Å²) in [6.07, 6.45) is 0. The van der Waals surface area contributed by atoms with Crippen LogP contribution in [0.25, 0.3) is 0 Å². The largest absolute Gasteiger partial charge is 0.497 e. The lowest BCUT2D eigenvalue weighted by atomic mass is 10.1. The van der Waals surface area contributed by atoms with E-state index in [1.54, 1.807) is 19.1 Å². The maximum absolute atomic E-state index is 13.2. The third-order valence-corrected chi connectivity index (χ3v) is 1.87. The molecule has 0 spiro atoms. The van der Waals surface area contributed by atoms with Gasteiger partial charge in [-0.15, -0.1) is 0 Å². The van der Waals surface area contributed by atoms with Crippen LogP contribution in [0.1, 0.15) is 18.5 Å². The highest BCUT2D eigenvalue weighted by molar-refractivity contribution is 5.30. The Morgan fingerprint density at radius 2 is 2.23 bits per heavy atom. The SMILES string of the molecule is COc1ccc(C(C)NO)c(F)c1. The summed E-state index contributed by atoms with van der Waals surface area (Å²) in [4.78, 5) is 0. The fourth-order valence-electron chi connectivity index (χ4n) is 1.06. The van der Waals surface area contributed by atoms with E-state index < -0.39 is 11.9 Å². The van der Waals surface area contributed by atoms with Gasteiger partial charge < -0.3 is 9.94 Å². The van der Waals surface area contributed by atoms with Crippen LogP contribution in [0.5, 0.6) is 5.75 Å². The van der Waals surface area contributed by atoms with Crippen LogP contribution >= 0.6 is 0 Å². The van der Waals surface area contributed by atoms with Crippen molar-refractivity contribution in [3.8, 4) is 5.75 Å². The van der Waals surface area contributed by atoms with Gasteiger partial charge in [0.1, 0.15) is 11.6 Å². The Bertz CT molecular complexity index is 291. The van der Waals surface area contributed by atoms with Crippen molar-refractivity contribution >= 4 is 0 Å². The van der Waals surface area contributed by atoms with Crippen molar-refractivity contribution in [2.75, 3.05) is 7.11 Å². The Morgan fingerprint density at radius 3 is 2.69 bits per heavy atom. The topological polar surface area (TPSA) is 41.5 Å². The summed E-state index contributed by atoms with van der Waals surface area (Å²) in [7, 11) is 1.47. The lowest BCUT2D eigenvalue weighted by molar-refractivity contribution is 0.131. The highest BCUT2D eigenvalue weighted by Gasteiger charge is 2.09.